The molecular formula is C126H72O4. The fourth-order valence-corrected chi connectivity index (χ4v) is 24.4. The maximum Gasteiger partial charge on any atom is 0.136 e. The van der Waals surface area contributed by atoms with Crippen LogP contribution in [0.5, 0.6) is 0 Å². The third kappa shape index (κ3) is 9.57. The van der Waals surface area contributed by atoms with Gasteiger partial charge in [0.05, 0.1) is 10.8 Å². The van der Waals surface area contributed by atoms with Gasteiger partial charge in [-0.25, -0.2) is 0 Å². The Kier molecular flexibility index (Phi) is 14.7. The Morgan fingerprint density at radius 2 is 0.362 bits per heavy atom. The predicted molar refractivity (Wildman–Crippen MR) is 537 cm³/mol. The molecular weight excluding hydrogens is 1580 g/mol. The minimum absolute atomic E-state index is 0.514. The van der Waals surface area contributed by atoms with E-state index in [2.05, 4.69) is 425 Å². The average Bonchev–Trinajstić information content (AvgIpc) is 1.50. The Balaban J connectivity index is 0.000000128. The highest BCUT2D eigenvalue weighted by Gasteiger charge is 2.55. The first kappa shape index (κ1) is 71.4. The molecule has 0 aliphatic heterocycles. The van der Waals surface area contributed by atoms with E-state index in [9.17, 15) is 0 Å². The third-order valence-electron chi connectivity index (χ3n) is 29.4. The zero-order valence-electron chi connectivity index (χ0n) is 70.2. The molecule has 0 atom stereocenters. The maximum absolute atomic E-state index is 6.52. The van der Waals surface area contributed by atoms with Crippen molar-refractivity contribution in [3.8, 4) is 111 Å². The fourth-order valence-electron chi connectivity index (χ4n) is 24.4. The molecule has 0 amide bonds. The SMILES string of the molecule is c1ccc2c(c1)-c1ccccc1C21c2ccccc2-c2cccc(-c3c4cccc(-c5ccc6oc7ccccc7c6c5)c4cc4c(-c5ccc6oc7ccccc7c6c5)cccc34)c21.c1ccc2c(c1)-c1ccccc1C21c2ccccc2-c2cccc(-c3c4cccc(-c5cccc6oc7ccccc7c56)c4cc4c(-c5cccc6oc7ccccc7c56)cccc34)c21. The molecule has 0 fully saturated rings. The highest BCUT2D eigenvalue weighted by atomic mass is 16.3. The van der Waals surface area contributed by atoms with Crippen LogP contribution in [0.3, 0.4) is 0 Å². The zero-order chi connectivity index (χ0) is 84.8. The summed E-state index contributed by atoms with van der Waals surface area (Å²) < 4.78 is 25.7. The highest BCUT2D eigenvalue weighted by Crippen LogP contribution is 2.68. The quantitative estimate of drug-likeness (QED) is 0.156. The smallest absolute Gasteiger partial charge is 0.136 e. The predicted octanol–water partition coefficient (Wildman–Crippen LogP) is 34.3. The van der Waals surface area contributed by atoms with Gasteiger partial charge in [-0.2, -0.15) is 0 Å². The van der Waals surface area contributed by atoms with Crippen molar-refractivity contribution in [3.63, 3.8) is 0 Å². The van der Waals surface area contributed by atoms with E-state index in [1.165, 1.54) is 177 Å². The van der Waals surface area contributed by atoms with Gasteiger partial charge in [-0.15, -0.1) is 0 Å². The van der Waals surface area contributed by atoms with Crippen LogP contribution in [-0.4, -0.2) is 0 Å². The van der Waals surface area contributed by atoms with Crippen LogP contribution in [0.2, 0.25) is 0 Å². The molecule has 4 nitrogen and oxygen atoms in total. The molecule has 4 heteroatoms. The van der Waals surface area contributed by atoms with Gasteiger partial charge < -0.3 is 17.7 Å². The molecule has 0 saturated heterocycles. The molecule has 4 aliphatic rings. The lowest BCUT2D eigenvalue weighted by atomic mass is 9.68. The van der Waals surface area contributed by atoms with Crippen molar-refractivity contribution in [3.05, 3.63) is 481 Å². The minimum Gasteiger partial charge on any atom is -0.456 e. The largest absolute Gasteiger partial charge is 0.456 e. The molecule has 0 bridgehead atoms. The first-order valence-corrected chi connectivity index (χ1v) is 45.0. The molecule has 22 aromatic carbocycles. The van der Waals surface area contributed by atoms with E-state index in [1.54, 1.807) is 0 Å². The van der Waals surface area contributed by atoms with Crippen molar-refractivity contribution in [2.24, 2.45) is 0 Å². The summed E-state index contributed by atoms with van der Waals surface area (Å²) in [7, 11) is 0. The van der Waals surface area contributed by atoms with E-state index in [0.29, 0.717) is 0 Å². The lowest BCUT2D eigenvalue weighted by Crippen LogP contribution is -2.26. The fraction of sp³-hybridized carbons (Fsp3) is 0.0159. The molecule has 26 aromatic rings. The second kappa shape index (κ2) is 26.8. The molecule has 0 N–H and O–H groups in total. The van der Waals surface area contributed by atoms with Crippen molar-refractivity contribution in [1.82, 2.24) is 0 Å². The topological polar surface area (TPSA) is 52.6 Å². The van der Waals surface area contributed by atoms with Crippen molar-refractivity contribution in [2.75, 3.05) is 0 Å². The van der Waals surface area contributed by atoms with E-state index in [1.807, 2.05) is 12.1 Å². The Labute approximate surface area is 746 Å². The standard InChI is InChI=1S/2C63H36O2/c1-6-29-52-39(16-1)40-17-2-7-30-53(40)63(52)54-31-8-3-18-41(54)46-27-13-28-49(62(46)63)59-44-23-11-21-37(42-25-14-34-57-60(42)47-19-4-9-32-55(47)64-57)50(44)36-51-38(22-12-24-45(51)59)43-26-15-35-58-61(43)48-20-5-10-33-56(48)65-58;1-6-25-54-41(14-1)42-15-2-7-26-55(42)63(54)56-27-8-3-16-43(56)48-23-13-24-49(62(48)63)61-46-21-11-19-39(37-30-32-59-52(34-37)44-17-4-9-28-57(44)64-59)50(46)36-51-40(20-12-22-47(51)61)38-31-33-60-53(35-38)45-18-5-10-29-58(45)65-60/h2*1-36H. The van der Waals surface area contributed by atoms with Crippen LogP contribution in [0.15, 0.2) is 454 Å². The summed E-state index contributed by atoms with van der Waals surface area (Å²) in [6.45, 7) is 0. The second-order valence-electron chi connectivity index (χ2n) is 35.5. The minimum atomic E-state index is -0.526. The Morgan fingerprint density at radius 1 is 0.131 bits per heavy atom. The van der Waals surface area contributed by atoms with Crippen LogP contribution in [0.1, 0.15) is 44.5 Å². The van der Waals surface area contributed by atoms with Gasteiger partial charge in [-0.1, -0.05) is 364 Å². The second-order valence-corrected chi connectivity index (χ2v) is 35.5. The summed E-state index contributed by atoms with van der Waals surface area (Å²) >= 11 is 0. The van der Waals surface area contributed by atoms with E-state index >= 15 is 0 Å². The number of hydrogen-bond donors (Lipinski definition) is 0. The zero-order valence-corrected chi connectivity index (χ0v) is 70.2. The Morgan fingerprint density at radius 3 is 0.731 bits per heavy atom. The summed E-state index contributed by atoms with van der Waals surface area (Å²) in [6.07, 6.45) is 0. The van der Waals surface area contributed by atoms with Crippen LogP contribution in [-0.2, 0) is 10.8 Å². The van der Waals surface area contributed by atoms with Crippen molar-refractivity contribution < 1.29 is 17.7 Å². The normalized spacial score (nSPS) is 13.4. The number of furan rings is 4. The summed E-state index contributed by atoms with van der Waals surface area (Å²) in [5, 5.41) is 18.7. The van der Waals surface area contributed by atoms with Crippen LogP contribution in [0, 0.1) is 0 Å². The maximum atomic E-state index is 6.52. The number of hydrogen-bond acceptors (Lipinski definition) is 4. The molecule has 600 valence electrons. The van der Waals surface area contributed by atoms with Gasteiger partial charge >= 0.3 is 0 Å². The van der Waals surface area contributed by atoms with Gasteiger partial charge in [0, 0.05) is 43.1 Å². The summed E-state index contributed by atoms with van der Waals surface area (Å²) in [4.78, 5) is 0. The van der Waals surface area contributed by atoms with Gasteiger partial charge in [0.25, 0.3) is 0 Å². The summed E-state index contributed by atoms with van der Waals surface area (Å²) in [5.74, 6) is 0. The van der Waals surface area contributed by atoms with Crippen molar-refractivity contribution in [2.45, 2.75) is 10.8 Å². The van der Waals surface area contributed by atoms with Gasteiger partial charge in [0.2, 0.25) is 0 Å². The molecule has 30 rings (SSSR count). The van der Waals surface area contributed by atoms with Gasteiger partial charge in [0.15, 0.2) is 0 Å². The highest BCUT2D eigenvalue weighted by molar-refractivity contribution is 6.26. The van der Waals surface area contributed by atoms with Gasteiger partial charge in [-0.05, 0) is 272 Å². The third-order valence-corrected chi connectivity index (χ3v) is 29.4. The van der Waals surface area contributed by atoms with E-state index in [0.717, 1.165) is 110 Å². The Bertz CT molecular complexity index is 9010. The first-order chi connectivity index (χ1) is 64.5. The van der Waals surface area contributed by atoms with Crippen LogP contribution < -0.4 is 0 Å². The molecule has 4 aliphatic carbocycles. The molecule has 130 heavy (non-hydrogen) atoms. The van der Waals surface area contributed by atoms with Crippen LogP contribution in [0.25, 0.3) is 242 Å². The van der Waals surface area contributed by atoms with E-state index < -0.39 is 10.8 Å². The molecule has 0 saturated carbocycles. The summed E-state index contributed by atoms with van der Waals surface area (Å²) in [5.41, 5.74) is 41.5. The average molecular weight is 1650 g/mol. The lowest BCUT2D eigenvalue weighted by Gasteiger charge is -2.32. The number of para-hydroxylation sites is 4. The molecule has 0 unspecified atom stereocenters. The number of benzene rings is 22. The van der Waals surface area contributed by atoms with Gasteiger partial charge in [0.1, 0.15) is 44.7 Å². The first-order valence-electron chi connectivity index (χ1n) is 45.0. The number of rotatable bonds is 6. The van der Waals surface area contributed by atoms with Crippen LogP contribution in [0.4, 0.5) is 0 Å². The number of fused-ring (bicyclic) bond motifs is 36. The molecule has 4 heterocycles. The van der Waals surface area contributed by atoms with E-state index in [-0.39, 0.29) is 0 Å². The van der Waals surface area contributed by atoms with Crippen molar-refractivity contribution >= 4 is 131 Å². The monoisotopic (exact) mass is 1650 g/mol. The lowest BCUT2D eigenvalue weighted by molar-refractivity contribution is 0.668. The summed E-state index contributed by atoms with van der Waals surface area (Å²) in [6, 6.07) is 161. The Hall–Kier alpha value is -16.9. The molecule has 2 spiro atoms. The van der Waals surface area contributed by atoms with Crippen LogP contribution >= 0.6 is 0 Å². The molecule has 4 aromatic heterocycles. The van der Waals surface area contributed by atoms with E-state index in [4.69, 9.17) is 17.7 Å². The van der Waals surface area contributed by atoms with Gasteiger partial charge in [-0.3, -0.25) is 0 Å². The van der Waals surface area contributed by atoms with Crippen molar-refractivity contribution in [1.29, 1.82) is 0 Å². The molecule has 0 radical (unpaired) electrons.